The number of nitrogens with zero attached hydrogens (tertiary/aromatic N) is 1. The van der Waals surface area contributed by atoms with Gasteiger partial charge in [-0.2, -0.15) is 4.31 Å². The fourth-order valence-electron chi connectivity index (χ4n) is 2.47. The number of rotatable bonds is 8. The largest absolute Gasteiger partial charge is 0.329 e. The molecule has 0 unspecified atom stereocenters. The van der Waals surface area contributed by atoms with Crippen LogP contribution in [0.2, 0.25) is 0 Å². The van der Waals surface area contributed by atoms with Crippen LogP contribution < -0.4 is 5.73 Å². The van der Waals surface area contributed by atoms with E-state index in [1.807, 2.05) is 30.3 Å². The Morgan fingerprint density at radius 3 is 2.45 bits per heavy atom. The van der Waals surface area contributed by atoms with E-state index in [0.29, 0.717) is 25.6 Å². The molecule has 0 aromatic heterocycles. The van der Waals surface area contributed by atoms with Crippen LogP contribution in [-0.2, 0) is 16.6 Å². The van der Waals surface area contributed by atoms with Gasteiger partial charge in [0.2, 0.25) is 10.0 Å². The van der Waals surface area contributed by atoms with Crippen LogP contribution in [0.4, 0.5) is 0 Å². The summed E-state index contributed by atoms with van der Waals surface area (Å²) in [6.07, 6.45) is 4.41. The van der Waals surface area contributed by atoms with Gasteiger partial charge >= 0.3 is 0 Å². The number of hydrogen-bond donors (Lipinski definition) is 1. The zero-order valence-electron chi connectivity index (χ0n) is 11.9. The van der Waals surface area contributed by atoms with Crippen LogP contribution in [0.5, 0.6) is 0 Å². The van der Waals surface area contributed by atoms with E-state index >= 15 is 0 Å². The van der Waals surface area contributed by atoms with Crippen LogP contribution in [0.25, 0.3) is 0 Å². The highest BCUT2D eigenvalue weighted by atomic mass is 32.2. The molecule has 0 spiro atoms. The molecule has 1 aliphatic carbocycles. The number of hydrogen-bond acceptors (Lipinski definition) is 3. The molecule has 5 heteroatoms. The van der Waals surface area contributed by atoms with Gasteiger partial charge in [0.05, 0.1) is 5.75 Å². The first-order valence-corrected chi connectivity index (χ1v) is 8.94. The number of nitrogens with two attached hydrogens (primary N) is 1. The van der Waals surface area contributed by atoms with E-state index in [2.05, 4.69) is 0 Å². The maximum absolute atomic E-state index is 12.4. The molecule has 2 rings (SSSR count). The van der Waals surface area contributed by atoms with Gasteiger partial charge in [-0.3, -0.25) is 0 Å². The summed E-state index contributed by atoms with van der Waals surface area (Å²) in [5, 5.41) is 0. The van der Waals surface area contributed by atoms with Gasteiger partial charge in [-0.05, 0) is 17.9 Å². The van der Waals surface area contributed by atoms with Crippen LogP contribution >= 0.6 is 0 Å². The van der Waals surface area contributed by atoms with Gasteiger partial charge in [0, 0.05) is 19.6 Å². The zero-order chi connectivity index (χ0) is 14.4. The molecule has 1 saturated carbocycles. The average molecular weight is 296 g/mol. The molecule has 1 aromatic rings. The third-order valence-corrected chi connectivity index (χ3v) is 5.83. The Kier molecular flexibility index (Phi) is 5.57. The molecule has 0 aliphatic heterocycles. The van der Waals surface area contributed by atoms with Crippen LogP contribution in [0, 0.1) is 5.92 Å². The second-order valence-corrected chi connectivity index (χ2v) is 7.60. The molecule has 20 heavy (non-hydrogen) atoms. The fraction of sp³-hybridized carbons (Fsp3) is 0.600. The molecule has 0 heterocycles. The molecule has 0 bridgehead atoms. The lowest BCUT2D eigenvalue weighted by Gasteiger charge is -2.27. The van der Waals surface area contributed by atoms with Gasteiger partial charge in [-0.1, -0.05) is 49.6 Å². The van der Waals surface area contributed by atoms with E-state index in [1.165, 1.54) is 23.6 Å². The summed E-state index contributed by atoms with van der Waals surface area (Å²) in [6.45, 7) is 1.17. The van der Waals surface area contributed by atoms with Crippen molar-refractivity contribution in [1.82, 2.24) is 4.31 Å². The highest BCUT2D eigenvalue weighted by Crippen LogP contribution is 2.30. The molecule has 0 radical (unpaired) electrons. The maximum atomic E-state index is 12.4. The minimum Gasteiger partial charge on any atom is -0.329 e. The minimum absolute atomic E-state index is 0.254. The summed E-state index contributed by atoms with van der Waals surface area (Å²) in [5.74, 6) is 0.867. The van der Waals surface area contributed by atoms with E-state index < -0.39 is 10.0 Å². The Morgan fingerprint density at radius 1 is 1.20 bits per heavy atom. The fourth-order valence-corrected chi connectivity index (χ4v) is 4.09. The molecule has 0 amide bonds. The summed E-state index contributed by atoms with van der Waals surface area (Å²) < 4.78 is 26.4. The highest BCUT2D eigenvalue weighted by molar-refractivity contribution is 7.89. The molecular formula is C15H24N2O2S. The minimum atomic E-state index is -3.20. The molecule has 0 saturated heterocycles. The van der Waals surface area contributed by atoms with Crippen molar-refractivity contribution >= 4 is 10.0 Å². The van der Waals surface area contributed by atoms with Crippen molar-refractivity contribution in [2.45, 2.75) is 32.2 Å². The van der Waals surface area contributed by atoms with Crippen molar-refractivity contribution in [3.8, 4) is 0 Å². The molecule has 112 valence electrons. The molecule has 1 aliphatic rings. The van der Waals surface area contributed by atoms with E-state index in [9.17, 15) is 8.42 Å². The van der Waals surface area contributed by atoms with E-state index in [-0.39, 0.29) is 5.75 Å². The van der Waals surface area contributed by atoms with Crippen molar-refractivity contribution in [3.63, 3.8) is 0 Å². The summed E-state index contributed by atoms with van der Waals surface area (Å²) in [6, 6.07) is 9.69. The molecule has 2 N–H and O–H groups in total. The van der Waals surface area contributed by atoms with Crippen LogP contribution in [-0.4, -0.2) is 31.6 Å². The summed E-state index contributed by atoms with van der Waals surface area (Å²) in [7, 11) is -3.20. The SMILES string of the molecule is NCCN(Cc1ccccc1)S(=O)(=O)CCC1CCC1. The van der Waals surface area contributed by atoms with E-state index in [4.69, 9.17) is 5.73 Å². The smallest absolute Gasteiger partial charge is 0.214 e. The van der Waals surface area contributed by atoms with Crippen molar-refractivity contribution in [1.29, 1.82) is 0 Å². The lowest BCUT2D eigenvalue weighted by atomic mass is 9.84. The summed E-state index contributed by atoms with van der Waals surface area (Å²) in [4.78, 5) is 0. The van der Waals surface area contributed by atoms with E-state index in [0.717, 1.165) is 12.0 Å². The number of sulfonamides is 1. The van der Waals surface area contributed by atoms with Crippen LogP contribution in [0.15, 0.2) is 30.3 Å². The van der Waals surface area contributed by atoms with Gasteiger partial charge in [-0.15, -0.1) is 0 Å². The van der Waals surface area contributed by atoms with Gasteiger partial charge in [0.1, 0.15) is 0 Å². The lowest BCUT2D eigenvalue weighted by Crippen LogP contribution is -2.37. The Balaban J connectivity index is 1.98. The standard InChI is InChI=1S/C15H24N2O2S/c16-10-11-17(13-15-5-2-1-3-6-15)20(18,19)12-9-14-7-4-8-14/h1-3,5-6,14H,4,7-13,16H2. The second kappa shape index (κ2) is 7.20. The Hall–Kier alpha value is -0.910. The number of benzene rings is 1. The average Bonchev–Trinajstić information content (AvgIpc) is 2.37. The summed E-state index contributed by atoms with van der Waals surface area (Å²) in [5.41, 5.74) is 6.57. The van der Waals surface area contributed by atoms with Crippen molar-refractivity contribution in [2.75, 3.05) is 18.8 Å². The van der Waals surface area contributed by atoms with Crippen molar-refractivity contribution in [3.05, 3.63) is 35.9 Å². The Labute approximate surface area is 122 Å². The molecule has 4 nitrogen and oxygen atoms in total. The normalized spacial score (nSPS) is 16.3. The first-order valence-electron chi connectivity index (χ1n) is 7.33. The monoisotopic (exact) mass is 296 g/mol. The Bertz CT molecular complexity index is 498. The van der Waals surface area contributed by atoms with Gasteiger partial charge in [0.15, 0.2) is 0 Å². The van der Waals surface area contributed by atoms with E-state index in [1.54, 1.807) is 0 Å². The first kappa shape index (κ1) is 15.5. The van der Waals surface area contributed by atoms with Crippen LogP contribution in [0.1, 0.15) is 31.2 Å². The predicted octanol–water partition coefficient (Wildman–Crippen LogP) is 1.97. The first-order chi connectivity index (χ1) is 9.62. The predicted molar refractivity (Wildman–Crippen MR) is 81.7 cm³/mol. The maximum Gasteiger partial charge on any atom is 0.214 e. The molecule has 1 aromatic carbocycles. The second-order valence-electron chi connectivity index (χ2n) is 5.51. The quantitative estimate of drug-likeness (QED) is 0.797. The van der Waals surface area contributed by atoms with Gasteiger partial charge in [0.25, 0.3) is 0 Å². The zero-order valence-corrected chi connectivity index (χ0v) is 12.7. The van der Waals surface area contributed by atoms with Crippen molar-refractivity contribution < 1.29 is 8.42 Å². The highest BCUT2D eigenvalue weighted by Gasteiger charge is 2.25. The lowest BCUT2D eigenvalue weighted by molar-refractivity contribution is 0.304. The van der Waals surface area contributed by atoms with Gasteiger partial charge < -0.3 is 5.73 Å². The topological polar surface area (TPSA) is 63.4 Å². The van der Waals surface area contributed by atoms with Crippen molar-refractivity contribution in [2.24, 2.45) is 11.7 Å². The van der Waals surface area contributed by atoms with Gasteiger partial charge in [-0.25, -0.2) is 8.42 Å². The summed E-state index contributed by atoms with van der Waals surface area (Å²) >= 11 is 0. The Morgan fingerprint density at radius 2 is 1.90 bits per heavy atom. The molecule has 0 atom stereocenters. The molecule has 1 fully saturated rings. The third-order valence-electron chi connectivity index (χ3n) is 3.98. The van der Waals surface area contributed by atoms with Crippen LogP contribution in [0.3, 0.4) is 0 Å². The molecular weight excluding hydrogens is 272 g/mol. The third kappa shape index (κ3) is 4.30.